The van der Waals surface area contributed by atoms with Crippen LogP contribution in [0.25, 0.3) is 0 Å². The second kappa shape index (κ2) is 6.74. The Kier molecular flexibility index (Phi) is 5.93. The largest absolute Gasteiger partial charge is 0.392 e. The third-order valence-electron chi connectivity index (χ3n) is 3.07. The van der Waals surface area contributed by atoms with Crippen LogP contribution in [0.1, 0.15) is 19.4 Å². The van der Waals surface area contributed by atoms with Crippen LogP contribution in [0.4, 0.5) is 0 Å². The van der Waals surface area contributed by atoms with Gasteiger partial charge in [-0.3, -0.25) is 0 Å². The molecule has 4 heteroatoms. The summed E-state index contributed by atoms with van der Waals surface area (Å²) in [5, 5.41) is 10.9. The predicted octanol–water partition coefficient (Wildman–Crippen LogP) is 3.24. The summed E-state index contributed by atoms with van der Waals surface area (Å²) in [5.74, 6) is 0.471. The average molecular weight is 321 g/mol. The van der Waals surface area contributed by atoms with Gasteiger partial charge in [0.05, 0.1) is 6.10 Å². The van der Waals surface area contributed by atoms with Gasteiger partial charge >= 0.3 is 0 Å². The van der Waals surface area contributed by atoms with E-state index in [4.69, 9.17) is 17.3 Å². The summed E-state index contributed by atoms with van der Waals surface area (Å²) in [6.07, 6.45) is 0.102. The minimum absolute atomic E-state index is 0.106. The van der Waals surface area contributed by atoms with Crippen molar-refractivity contribution in [2.45, 2.75) is 26.4 Å². The molecule has 0 heterocycles. The van der Waals surface area contributed by atoms with Crippen LogP contribution in [0.3, 0.4) is 0 Å². The third-order valence-corrected chi connectivity index (χ3v) is 3.91. The first-order valence-electron chi connectivity index (χ1n) is 5.77. The molecular weight excluding hydrogens is 302 g/mol. The summed E-state index contributed by atoms with van der Waals surface area (Å²) >= 11 is 9.49. The van der Waals surface area contributed by atoms with Gasteiger partial charge in [-0.15, -0.1) is 0 Å². The summed E-state index contributed by atoms with van der Waals surface area (Å²) in [7, 11) is 0. The maximum Gasteiger partial charge on any atom is 0.0623 e. The van der Waals surface area contributed by atoms with Gasteiger partial charge in [-0.25, -0.2) is 0 Å². The lowest BCUT2D eigenvalue weighted by atomic mass is 9.87. The van der Waals surface area contributed by atoms with Gasteiger partial charge in [0.15, 0.2) is 0 Å². The molecule has 0 radical (unpaired) electrons. The van der Waals surface area contributed by atoms with Crippen molar-refractivity contribution >= 4 is 27.5 Å². The van der Waals surface area contributed by atoms with Crippen LogP contribution in [-0.2, 0) is 6.42 Å². The third kappa shape index (κ3) is 4.25. The standard InChI is InChI=1S/C13H19BrClNO/c1-8(2)11(7-16)13(17)5-9-3-4-10(14)6-12(9)15/h3-4,6,8,11,13,17H,5,7,16H2,1-2H3. The summed E-state index contributed by atoms with van der Waals surface area (Å²) in [6.45, 7) is 4.64. The highest BCUT2D eigenvalue weighted by Gasteiger charge is 2.22. The Morgan fingerprint density at radius 3 is 2.53 bits per heavy atom. The fourth-order valence-electron chi connectivity index (χ4n) is 1.94. The van der Waals surface area contributed by atoms with E-state index in [-0.39, 0.29) is 5.92 Å². The molecule has 2 atom stereocenters. The minimum atomic E-state index is -0.446. The molecule has 1 aromatic carbocycles. The Hall–Kier alpha value is -0.0900. The molecule has 0 saturated carbocycles. The molecule has 2 nitrogen and oxygen atoms in total. The van der Waals surface area contributed by atoms with Crippen LogP contribution in [-0.4, -0.2) is 17.8 Å². The molecule has 1 rings (SSSR count). The zero-order valence-corrected chi connectivity index (χ0v) is 12.5. The Balaban J connectivity index is 2.76. The molecule has 0 aliphatic carbocycles. The van der Waals surface area contributed by atoms with Crippen LogP contribution < -0.4 is 5.73 Å². The molecule has 0 saturated heterocycles. The van der Waals surface area contributed by atoms with E-state index in [1.54, 1.807) is 0 Å². The van der Waals surface area contributed by atoms with E-state index in [0.29, 0.717) is 23.9 Å². The van der Waals surface area contributed by atoms with E-state index in [1.807, 2.05) is 18.2 Å². The first kappa shape index (κ1) is 15.0. The lowest BCUT2D eigenvalue weighted by Gasteiger charge is -2.25. The predicted molar refractivity (Wildman–Crippen MR) is 76.2 cm³/mol. The molecule has 0 aromatic heterocycles. The van der Waals surface area contributed by atoms with E-state index >= 15 is 0 Å². The monoisotopic (exact) mass is 319 g/mol. The molecular formula is C13H19BrClNO. The van der Waals surface area contributed by atoms with Crippen molar-refractivity contribution in [2.75, 3.05) is 6.54 Å². The van der Waals surface area contributed by atoms with Gasteiger partial charge in [0.2, 0.25) is 0 Å². The smallest absolute Gasteiger partial charge is 0.0623 e. The van der Waals surface area contributed by atoms with Crippen LogP contribution in [0.15, 0.2) is 22.7 Å². The topological polar surface area (TPSA) is 46.2 Å². The lowest BCUT2D eigenvalue weighted by molar-refractivity contribution is 0.0863. The molecule has 96 valence electrons. The first-order chi connectivity index (χ1) is 7.95. The number of rotatable bonds is 5. The van der Waals surface area contributed by atoms with Gasteiger partial charge < -0.3 is 10.8 Å². The molecule has 1 aromatic rings. The molecule has 0 bridgehead atoms. The molecule has 0 spiro atoms. The highest BCUT2D eigenvalue weighted by Crippen LogP contribution is 2.25. The van der Waals surface area contributed by atoms with Crippen molar-refractivity contribution in [3.8, 4) is 0 Å². The molecule has 0 fully saturated rings. The quantitative estimate of drug-likeness (QED) is 0.875. The van der Waals surface area contributed by atoms with Crippen molar-refractivity contribution in [3.63, 3.8) is 0 Å². The zero-order valence-electron chi connectivity index (χ0n) is 10.2. The average Bonchev–Trinajstić information content (AvgIpc) is 2.22. The Morgan fingerprint density at radius 1 is 1.41 bits per heavy atom. The summed E-state index contributed by atoms with van der Waals surface area (Å²) < 4.78 is 0.944. The van der Waals surface area contributed by atoms with E-state index in [1.165, 1.54) is 0 Å². The molecule has 0 aliphatic rings. The van der Waals surface area contributed by atoms with Gasteiger partial charge in [-0.2, -0.15) is 0 Å². The number of halogens is 2. The Bertz CT molecular complexity index is 370. The van der Waals surface area contributed by atoms with Gasteiger partial charge in [0.25, 0.3) is 0 Å². The molecule has 2 unspecified atom stereocenters. The Labute approximate surface area is 116 Å². The van der Waals surface area contributed by atoms with E-state index in [9.17, 15) is 5.11 Å². The van der Waals surface area contributed by atoms with Crippen LogP contribution >= 0.6 is 27.5 Å². The minimum Gasteiger partial charge on any atom is -0.392 e. The van der Waals surface area contributed by atoms with Crippen LogP contribution in [0.5, 0.6) is 0 Å². The van der Waals surface area contributed by atoms with Gasteiger partial charge in [-0.05, 0) is 36.1 Å². The number of benzene rings is 1. The van der Waals surface area contributed by atoms with Gasteiger partial charge in [-0.1, -0.05) is 47.4 Å². The fourth-order valence-corrected chi connectivity index (χ4v) is 2.69. The normalized spacial score (nSPS) is 15.0. The summed E-state index contributed by atoms with van der Waals surface area (Å²) in [5.41, 5.74) is 6.65. The lowest BCUT2D eigenvalue weighted by Crippen LogP contribution is -2.33. The van der Waals surface area contributed by atoms with Crippen molar-refractivity contribution < 1.29 is 5.11 Å². The number of aliphatic hydroxyl groups excluding tert-OH is 1. The number of nitrogens with two attached hydrogens (primary N) is 1. The summed E-state index contributed by atoms with van der Waals surface area (Å²) in [4.78, 5) is 0. The number of hydrogen-bond acceptors (Lipinski definition) is 2. The molecule has 0 aliphatic heterocycles. The van der Waals surface area contributed by atoms with E-state index in [0.717, 1.165) is 10.0 Å². The Morgan fingerprint density at radius 2 is 2.06 bits per heavy atom. The van der Waals surface area contributed by atoms with Crippen molar-refractivity contribution in [1.82, 2.24) is 0 Å². The molecule has 0 amide bonds. The highest BCUT2D eigenvalue weighted by atomic mass is 79.9. The maximum atomic E-state index is 10.2. The second-order valence-corrected chi connectivity index (χ2v) is 5.97. The fraction of sp³-hybridized carbons (Fsp3) is 0.538. The molecule has 3 N–H and O–H groups in total. The van der Waals surface area contributed by atoms with E-state index in [2.05, 4.69) is 29.8 Å². The van der Waals surface area contributed by atoms with Crippen molar-refractivity contribution in [2.24, 2.45) is 17.6 Å². The second-order valence-electron chi connectivity index (χ2n) is 4.65. The van der Waals surface area contributed by atoms with Crippen LogP contribution in [0.2, 0.25) is 5.02 Å². The van der Waals surface area contributed by atoms with Crippen molar-refractivity contribution in [1.29, 1.82) is 0 Å². The number of aliphatic hydroxyl groups is 1. The number of hydrogen-bond donors (Lipinski definition) is 2. The zero-order chi connectivity index (χ0) is 13.0. The SMILES string of the molecule is CC(C)C(CN)C(O)Cc1ccc(Br)cc1Cl. The van der Waals surface area contributed by atoms with Gasteiger partial charge in [0, 0.05) is 15.9 Å². The van der Waals surface area contributed by atoms with Crippen LogP contribution in [0, 0.1) is 11.8 Å². The van der Waals surface area contributed by atoms with E-state index < -0.39 is 6.10 Å². The highest BCUT2D eigenvalue weighted by molar-refractivity contribution is 9.10. The maximum absolute atomic E-state index is 10.2. The van der Waals surface area contributed by atoms with Gasteiger partial charge in [0.1, 0.15) is 0 Å². The summed E-state index contributed by atoms with van der Waals surface area (Å²) in [6, 6.07) is 5.71. The molecule has 17 heavy (non-hydrogen) atoms. The first-order valence-corrected chi connectivity index (χ1v) is 6.94. The van der Waals surface area contributed by atoms with Crippen molar-refractivity contribution in [3.05, 3.63) is 33.3 Å².